The molecule has 0 bridgehead atoms. The molecule has 0 aliphatic heterocycles. The molecule has 0 aromatic heterocycles. The Morgan fingerprint density at radius 2 is 1.29 bits per heavy atom. The molecule has 0 aliphatic carbocycles. The van der Waals surface area contributed by atoms with E-state index < -0.39 is 29.6 Å². The minimum atomic E-state index is -5.26. The summed E-state index contributed by atoms with van der Waals surface area (Å²) in [5.41, 5.74) is 3.10. The van der Waals surface area contributed by atoms with Gasteiger partial charge in [-0.05, 0) is 59.0 Å². The van der Waals surface area contributed by atoms with Gasteiger partial charge in [-0.15, -0.1) is 13.2 Å². The Bertz CT molecular complexity index is 1300. The summed E-state index contributed by atoms with van der Waals surface area (Å²) in [5, 5.41) is 0.850. The Balaban J connectivity index is 1.59. The third kappa shape index (κ3) is 5.19. The van der Waals surface area contributed by atoms with Crippen molar-refractivity contribution < 1.29 is 31.1 Å². The van der Waals surface area contributed by atoms with Crippen LogP contribution in [0.1, 0.15) is 23.6 Å². The van der Waals surface area contributed by atoms with Crippen molar-refractivity contribution in [1.82, 2.24) is 0 Å². The van der Waals surface area contributed by atoms with Gasteiger partial charge >= 0.3 is 6.36 Å². The lowest BCUT2D eigenvalue weighted by Gasteiger charge is -2.13. The van der Waals surface area contributed by atoms with Crippen molar-refractivity contribution in [2.75, 3.05) is 0 Å². The van der Waals surface area contributed by atoms with E-state index in [2.05, 4.69) is 35.9 Å². The summed E-state index contributed by atoms with van der Waals surface area (Å²) in [4.78, 5) is 0. The van der Waals surface area contributed by atoms with Gasteiger partial charge in [0.05, 0.1) is 0 Å². The summed E-state index contributed by atoms with van der Waals surface area (Å²) < 4.78 is 83.9. The third-order valence-corrected chi connectivity index (χ3v) is 5.68. The van der Waals surface area contributed by atoms with E-state index >= 15 is 4.39 Å². The van der Waals surface area contributed by atoms with Gasteiger partial charge in [0, 0.05) is 10.9 Å². The lowest BCUT2D eigenvalue weighted by Crippen LogP contribution is -2.19. The van der Waals surface area contributed by atoms with Gasteiger partial charge in [-0.2, -0.15) is 0 Å². The molecule has 0 amide bonds. The van der Waals surface area contributed by atoms with E-state index in [-0.39, 0.29) is 16.5 Å². The van der Waals surface area contributed by atoms with E-state index in [9.17, 15) is 22.0 Å². The molecule has 0 aliphatic rings. The fraction of sp³-hybridized carbons (Fsp3) is 0.185. The molecule has 34 heavy (non-hydrogen) atoms. The Kier molecular flexibility index (Phi) is 6.55. The second-order valence-corrected chi connectivity index (χ2v) is 7.97. The maximum Gasteiger partial charge on any atom is 0.573 e. The lowest BCUT2D eigenvalue weighted by molar-refractivity contribution is -0.276. The largest absolute Gasteiger partial charge is 0.573 e. The number of halogens is 6. The Morgan fingerprint density at radius 3 is 1.91 bits per heavy atom. The van der Waals surface area contributed by atoms with E-state index in [0.717, 1.165) is 24.8 Å². The highest BCUT2D eigenvalue weighted by atomic mass is 19.4. The molecule has 7 heteroatoms. The summed E-state index contributed by atoms with van der Waals surface area (Å²) in [7, 11) is 0. The van der Waals surface area contributed by atoms with Crippen LogP contribution in [0.3, 0.4) is 0 Å². The first-order chi connectivity index (χ1) is 16.1. The number of hydrogen-bond donors (Lipinski definition) is 0. The Labute approximate surface area is 192 Å². The van der Waals surface area contributed by atoms with Crippen LogP contribution in [-0.4, -0.2) is 6.36 Å². The van der Waals surface area contributed by atoms with Crippen LogP contribution < -0.4 is 4.74 Å². The summed E-state index contributed by atoms with van der Waals surface area (Å²) >= 11 is 0. The van der Waals surface area contributed by atoms with Crippen molar-refractivity contribution >= 4 is 10.8 Å². The van der Waals surface area contributed by atoms with Crippen molar-refractivity contribution in [3.8, 4) is 16.9 Å². The number of hydrogen-bond acceptors (Lipinski definition) is 1. The first kappa shape index (κ1) is 23.7. The van der Waals surface area contributed by atoms with Gasteiger partial charge in [0.15, 0.2) is 11.6 Å². The SMILES string of the molecule is CCc1ccc(CCc2ccc3c(F)c(-c4cc(F)c(OC(F)(F)F)c(F)c4)ccc3c2)cc1. The molecule has 1 nitrogen and oxygen atoms in total. The average molecular weight is 474 g/mol. The van der Waals surface area contributed by atoms with Crippen LogP contribution in [0.2, 0.25) is 0 Å². The van der Waals surface area contributed by atoms with E-state index in [1.807, 2.05) is 6.07 Å². The first-order valence-corrected chi connectivity index (χ1v) is 10.7. The quantitative estimate of drug-likeness (QED) is 0.256. The highest BCUT2D eigenvalue weighted by molar-refractivity contribution is 5.89. The van der Waals surface area contributed by atoms with E-state index in [1.54, 1.807) is 18.2 Å². The third-order valence-electron chi connectivity index (χ3n) is 5.68. The molecule has 0 spiro atoms. The number of benzene rings is 4. The first-order valence-electron chi connectivity index (χ1n) is 10.7. The molecule has 176 valence electrons. The molecule has 4 aromatic carbocycles. The number of aryl methyl sites for hydroxylation is 3. The zero-order valence-corrected chi connectivity index (χ0v) is 18.1. The predicted molar refractivity (Wildman–Crippen MR) is 119 cm³/mol. The van der Waals surface area contributed by atoms with Crippen LogP contribution >= 0.6 is 0 Å². The van der Waals surface area contributed by atoms with E-state index in [1.165, 1.54) is 17.2 Å². The van der Waals surface area contributed by atoms with Gasteiger partial charge < -0.3 is 4.74 Å². The Hall–Kier alpha value is -3.48. The summed E-state index contributed by atoms with van der Waals surface area (Å²) in [6.07, 6.45) is -2.71. The number of fused-ring (bicyclic) bond motifs is 1. The van der Waals surface area contributed by atoms with Crippen molar-refractivity contribution in [2.24, 2.45) is 0 Å². The molecule has 0 N–H and O–H groups in total. The van der Waals surface area contributed by atoms with Crippen LogP contribution in [-0.2, 0) is 19.3 Å². The van der Waals surface area contributed by atoms with Crippen molar-refractivity contribution in [1.29, 1.82) is 0 Å². The predicted octanol–water partition coefficient (Wildman–Crippen LogP) is 8.17. The molecular formula is C27H20F6O. The topological polar surface area (TPSA) is 9.23 Å². The Morgan fingerprint density at radius 1 is 0.706 bits per heavy atom. The number of rotatable bonds is 6. The summed E-state index contributed by atoms with van der Waals surface area (Å²) in [6.45, 7) is 2.10. The lowest BCUT2D eigenvalue weighted by atomic mass is 9.96. The van der Waals surface area contributed by atoms with Crippen molar-refractivity contribution in [2.45, 2.75) is 32.5 Å². The molecule has 0 saturated heterocycles. The highest BCUT2D eigenvalue weighted by Crippen LogP contribution is 2.35. The minimum Gasteiger partial charge on any atom is -0.399 e. The van der Waals surface area contributed by atoms with Gasteiger partial charge in [0.1, 0.15) is 5.82 Å². The zero-order valence-electron chi connectivity index (χ0n) is 18.1. The average Bonchev–Trinajstić information content (AvgIpc) is 2.80. The zero-order chi connectivity index (χ0) is 24.5. The van der Waals surface area contributed by atoms with Crippen molar-refractivity contribution in [3.05, 3.63) is 101 Å². The van der Waals surface area contributed by atoms with Gasteiger partial charge in [0.25, 0.3) is 0 Å². The molecule has 0 radical (unpaired) electrons. The monoisotopic (exact) mass is 474 g/mol. The molecule has 4 rings (SSSR count). The number of ether oxygens (including phenoxy) is 1. The van der Waals surface area contributed by atoms with E-state index in [0.29, 0.717) is 17.5 Å². The minimum absolute atomic E-state index is 0.132. The molecule has 0 unspecified atom stereocenters. The number of alkyl halides is 3. The fourth-order valence-corrected chi connectivity index (χ4v) is 3.88. The van der Waals surface area contributed by atoms with Crippen LogP contribution in [0, 0.1) is 17.5 Å². The van der Waals surface area contributed by atoms with E-state index in [4.69, 9.17) is 0 Å². The fourth-order valence-electron chi connectivity index (χ4n) is 3.88. The molecule has 4 aromatic rings. The van der Waals surface area contributed by atoms with Crippen LogP contribution in [0.15, 0.2) is 66.7 Å². The molecule has 0 fully saturated rings. The highest BCUT2D eigenvalue weighted by Gasteiger charge is 2.34. The van der Waals surface area contributed by atoms with Crippen LogP contribution in [0.5, 0.6) is 5.75 Å². The second kappa shape index (κ2) is 9.41. The van der Waals surface area contributed by atoms with Gasteiger partial charge in [-0.25, -0.2) is 13.2 Å². The normalized spacial score (nSPS) is 11.7. The van der Waals surface area contributed by atoms with Gasteiger partial charge in [0.2, 0.25) is 5.75 Å². The van der Waals surface area contributed by atoms with Gasteiger partial charge in [-0.3, -0.25) is 0 Å². The molecule has 0 saturated carbocycles. The van der Waals surface area contributed by atoms with Gasteiger partial charge in [-0.1, -0.05) is 61.5 Å². The van der Waals surface area contributed by atoms with Crippen LogP contribution in [0.25, 0.3) is 21.9 Å². The summed E-state index contributed by atoms with van der Waals surface area (Å²) in [5.74, 6) is -5.45. The molecule has 0 atom stereocenters. The molecular weight excluding hydrogens is 454 g/mol. The smallest absolute Gasteiger partial charge is 0.399 e. The maximum atomic E-state index is 15.2. The van der Waals surface area contributed by atoms with Crippen LogP contribution in [0.4, 0.5) is 26.3 Å². The summed E-state index contributed by atoms with van der Waals surface area (Å²) in [6, 6.07) is 17.8. The molecule has 0 heterocycles. The maximum absolute atomic E-state index is 15.2. The van der Waals surface area contributed by atoms with Crippen molar-refractivity contribution in [3.63, 3.8) is 0 Å². The second-order valence-electron chi connectivity index (χ2n) is 7.97. The standard InChI is InChI=1S/C27H20F6O/c1-2-16-3-5-17(6-4-16)7-8-18-9-11-21-19(13-18)10-12-22(25(21)30)20-14-23(28)26(24(29)15-20)34-27(31,32)33/h3-6,9-15H,2,7-8H2,1H3.